The number of anilines is 2. The second-order valence-corrected chi connectivity index (χ2v) is 11.2. The van der Waals surface area contributed by atoms with E-state index < -0.39 is 10.0 Å². The van der Waals surface area contributed by atoms with E-state index in [9.17, 15) is 13.2 Å². The minimum atomic E-state index is -3.64. The van der Waals surface area contributed by atoms with E-state index in [4.69, 9.17) is 27.9 Å². The van der Waals surface area contributed by atoms with E-state index in [0.29, 0.717) is 33.4 Å². The van der Waals surface area contributed by atoms with Gasteiger partial charge in [0.2, 0.25) is 10.0 Å². The van der Waals surface area contributed by atoms with Gasteiger partial charge in [-0.2, -0.15) is 0 Å². The number of sulfonamides is 1. The summed E-state index contributed by atoms with van der Waals surface area (Å²) in [5.41, 5.74) is 3.46. The summed E-state index contributed by atoms with van der Waals surface area (Å²) >= 11 is 12.5. The maximum Gasteiger partial charge on any atom is 0.251 e. The molecule has 0 bridgehead atoms. The number of amides is 1. The smallest absolute Gasteiger partial charge is 0.251 e. The molecule has 1 saturated heterocycles. The summed E-state index contributed by atoms with van der Waals surface area (Å²) in [6.07, 6.45) is 1.11. The molecule has 1 amide bonds. The lowest BCUT2D eigenvalue weighted by Crippen LogP contribution is -2.36. The summed E-state index contributed by atoms with van der Waals surface area (Å²) in [6, 6.07) is 19.5. The van der Waals surface area contributed by atoms with Gasteiger partial charge in [0, 0.05) is 46.5 Å². The van der Waals surface area contributed by atoms with Crippen molar-refractivity contribution in [2.24, 2.45) is 0 Å². The molecule has 0 aliphatic carbocycles. The summed E-state index contributed by atoms with van der Waals surface area (Å²) in [5.74, 6) is -0.251. The first-order valence-corrected chi connectivity index (χ1v) is 14.0. The molecule has 4 rings (SSSR count). The zero-order chi connectivity index (χ0) is 25.7. The van der Waals surface area contributed by atoms with Gasteiger partial charge >= 0.3 is 0 Å². The Labute approximate surface area is 221 Å². The topological polar surface area (TPSA) is 79.0 Å². The molecule has 36 heavy (non-hydrogen) atoms. The van der Waals surface area contributed by atoms with Gasteiger partial charge < -0.3 is 15.0 Å². The van der Waals surface area contributed by atoms with Gasteiger partial charge in [0.25, 0.3) is 5.91 Å². The normalized spacial score (nSPS) is 13.9. The van der Waals surface area contributed by atoms with E-state index in [2.05, 4.69) is 10.2 Å². The Kier molecular flexibility index (Phi) is 8.41. The Bertz CT molecular complexity index is 1290. The van der Waals surface area contributed by atoms with Crippen LogP contribution in [-0.2, 0) is 27.8 Å². The second kappa shape index (κ2) is 11.5. The van der Waals surface area contributed by atoms with Gasteiger partial charge in [-0.25, -0.2) is 8.42 Å². The molecule has 7 nitrogen and oxygen atoms in total. The summed E-state index contributed by atoms with van der Waals surface area (Å²) in [6.45, 7) is 3.55. The standard InChI is InChI=1S/C26H27Cl2N3O4S/c1-36(33,34)31(18-23-24(27)3-2-4-25(23)28)22-11-7-20(8-12-22)26(32)29-17-19-5-9-21(10-6-19)30-13-15-35-16-14-30/h2-12H,13-18H2,1H3,(H,29,32). The first-order chi connectivity index (χ1) is 17.2. The predicted molar refractivity (Wildman–Crippen MR) is 145 cm³/mol. The Morgan fingerprint density at radius 3 is 2.17 bits per heavy atom. The van der Waals surface area contributed by atoms with Crippen molar-refractivity contribution in [3.63, 3.8) is 0 Å². The van der Waals surface area contributed by atoms with Gasteiger partial charge in [0.15, 0.2) is 0 Å². The summed E-state index contributed by atoms with van der Waals surface area (Å²) in [5, 5.41) is 3.67. The molecule has 1 aliphatic heterocycles. The van der Waals surface area contributed by atoms with Crippen LogP contribution in [0.5, 0.6) is 0 Å². The average Bonchev–Trinajstić information content (AvgIpc) is 2.87. The van der Waals surface area contributed by atoms with E-state index in [1.165, 1.54) is 4.31 Å². The molecular weight excluding hydrogens is 521 g/mol. The van der Waals surface area contributed by atoms with Crippen LogP contribution >= 0.6 is 23.2 Å². The lowest BCUT2D eigenvalue weighted by Gasteiger charge is -2.28. The van der Waals surface area contributed by atoms with E-state index in [-0.39, 0.29) is 12.5 Å². The Hall–Kier alpha value is -2.78. The highest BCUT2D eigenvalue weighted by atomic mass is 35.5. The number of hydrogen-bond donors (Lipinski definition) is 1. The van der Waals surface area contributed by atoms with Crippen molar-refractivity contribution in [1.29, 1.82) is 0 Å². The van der Waals surface area contributed by atoms with Gasteiger partial charge in [-0.05, 0) is 54.1 Å². The van der Waals surface area contributed by atoms with Gasteiger partial charge in [-0.1, -0.05) is 41.4 Å². The number of rotatable bonds is 8. The number of ether oxygens (including phenoxy) is 1. The highest BCUT2D eigenvalue weighted by Gasteiger charge is 2.21. The van der Waals surface area contributed by atoms with Crippen LogP contribution < -0.4 is 14.5 Å². The number of carbonyl (C=O) groups excluding carboxylic acids is 1. The van der Waals surface area contributed by atoms with Crippen LogP contribution in [0.25, 0.3) is 0 Å². The molecule has 10 heteroatoms. The molecule has 1 fully saturated rings. The molecule has 1 heterocycles. The van der Waals surface area contributed by atoms with Crippen LogP contribution in [0.4, 0.5) is 11.4 Å². The van der Waals surface area contributed by atoms with Crippen molar-refractivity contribution < 1.29 is 17.9 Å². The monoisotopic (exact) mass is 547 g/mol. The minimum Gasteiger partial charge on any atom is -0.378 e. The van der Waals surface area contributed by atoms with Crippen molar-refractivity contribution in [2.45, 2.75) is 13.1 Å². The molecule has 0 saturated carbocycles. The number of nitrogens with one attached hydrogen (secondary N) is 1. The zero-order valence-corrected chi connectivity index (χ0v) is 22.1. The van der Waals surface area contributed by atoms with Crippen LogP contribution in [-0.4, -0.2) is 46.9 Å². The van der Waals surface area contributed by atoms with Gasteiger partial charge in [-0.3, -0.25) is 9.10 Å². The molecule has 190 valence electrons. The molecule has 1 aliphatic rings. The third kappa shape index (κ3) is 6.50. The van der Waals surface area contributed by atoms with Gasteiger partial charge in [-0.15, -0.1) is 0 Å². The zero-order valence-electron chi connectivity index (χ0n) is 19.8. The van der Waals surface area contributed by atoms with Gasteiger partial charge in [0.05, 0.1) is 31.7 Å². The molecular formula is C26H27Cl2N3O4S. The fraction of sp³-hybridized carbons (Fsp3) is 0.269. The first kappa shape index (κ1) is 26.3. The third-order valence-corrected chi connectivity index (χ3v) is 7.80. The lowest BCUT2D eigenvalue weighted by atomic mass is 10.1. The number of hydrogen-bond acceptors (Lipinski definition) is 5. The number of benzene rings is 3. The van der Waals surface area contributed by atoms with E-state index >= 15 is 0 Å². The maximum atomic E-state index is 12.7. The average molecular weight is 548 g/mol. The quantitative estimate of drug-likeness (QED) is 0.441. The van der Waals surface area contributed by atoms with Crippen molar-refractivity contribution in [3.05, 3.63) is 93.5 Å². The Morgan fingerprint density at radius 1 is 0.972 bits per heavy atom. The van der Waals surface area contributed by atoms with E-state index in [0.717, 1.165) is 43.8 Å². The van der Waals surface area contributed by atoms with Crippen molar-refractivity contribution in [3.8, 4) is 0 Å². The highest BCUT2D eigenvalue weighted by Crippen LogP contribution is 2.29. The number of morpholine rings is 1. The molecule has 1 N–H and O–H groups in total. The SMILES string of the molecule is CS(=O)(=O)N(Cc1c(Cl)cccc1Cl)c1ccc(C(=O)NCc2ccc(N3CCOCC3)cc2)cc1. The second-order valence-electron chi connectivity index (χ2n) is 8.47. The summed E-state index contributed by atoms with van der Waals surface area (Å²) in [4.78, 5) is 15.0. The Balaban J connectivity index is 1.41. The van der Waals surface area contributed by atoms with Gasteiger partial charge in [0.1, 0.15) is 0 Å². The van der Waals surface area contributed by atoms with Crippen LogP contribution in [0, 0.1) is 0 Å². The van der Waals surface area contributed by atoms with Crippen molar-refractivity contribution >= 4 is 50.5 Å². The van der Waals surface area contributed by atoms with E-state index in [1.54, 1.807) is 42.5 Å². The summed E-state index contributed by atoms with van der Waals surface area (Å²) < 4.78 is 31.6. The number of halogens is 2. The lowest BCUT2D eigenvalue weighted by molar-refractivity contribution is 0.0951. The van der Waals surface area contributed by atoms with Crippen molar-refractivity contribution in [1.82, 2.24) is 5.32 Å². The first-order valence-electron chi connectivity index (χ1n) is 11.4. The predicted octanol–water partition coefficient (Wildman–Crippen LogP) is 4.73. The van der Waals surface area contributed by atoms with Crippen LogP contribution in [0.3, 0.4) is 0 Å². The fourth-order valence-corrected chi connectivity index (χ4v) is 5.32. The third-order valence-electron chi connectivity index (χ3n) is 5.95. The summed E-state index contributed by atoms with van der Waals surface area (Å²) in [7, 11) is -3.64. The molecule has 0 radical (unpaired) electrons. The van der Waals surface area contributed by atoms with Crippen molar-refractivity contribution in [2.75, 3.05) is 41.8 Å². The fourth-order valence-electron chi connectivity index (χ4n) is 3.94. The number of nitrogens with zero attached hydrogens (tertiary/aromatic N) is 2. The van der Waals surface area contributed by atoms with Crippen LogP contribution in [0.1, 0.15) is 21.5 Å². The molecule has 0 aromatic heterocycles. The maximum absolute atomic E-state index is 12.7. The highest BCUT2D eigenvalue weighted by molar-refractivity contribution is 7.92. The molecule has 3 aromatic rings. The number of carbonyl (C=O) groups is 1. The molecule has 3 aromatic carbocycles. The molecule has 0 atom stereocenters. The Morgan fingerprint density at radius 2 is 1.58 bits per heavy atom. The minimum absolute atomic E-state index is 0.0245. The van der Waals surface area contributed by atoms with E-state index in [1.807, 2.05) is 24.3 Å². The van der Waals surface area contributed by atoms with Crippen LogP contribution in [0.15, 0.2) is 66.7 Å². The molecule has 0 unspecified atom stereocenters. The molecule has 0 spiro atoms. The van der Waals surface area contributed by atoms with Crippen LogP contribution in [0.2, 0.25) is 10.0 Å². The largest absolute Gasteiger partial charge is 0.378 e.